The van der Waals surface area contributed by atoms with Crippen molar-refractivity contribution in [1.82, 2.24) is 5.32 Å². The van der Waals surface area contributed by atoms with Gasteiger partial charge >= 0.3 is 0 Å². The summed E-state index contributed by atoms with van der Waals surface area (Å²) in [4.78, 5) is 0.518. The van der Waals surface area contributed by atoms with Gasteiger partial charge in [-0.15, -0.1) is 0 Å². The first-order chi connectivity index (χ1) is 9.00. The van der Waals surface area contributed by atoms with E-state index >= 15 is 0 Å². The van der Waals surface area contributed by atoms with E-state index < -0.39 is 9.84 Å². The molecule has 1 aliphatic carbocycles. The van der Waals surface area contributed by atoms with Gasteiger partial charge in [-0.25, -0.2) is 8.42 Å². The molecular weight excluding hydrogens is 258 g/mol. The smallest absolute Gasteiger partial charge is 0.180 e. The zero-order chi connectivity index (χ0) is 13.5. The summed E-state index contributed by atoms with van der Waals surface area (Å²) in [7, 11) is -3.08. The van der Waals surface area contributed by atoms with Crippen LogP contribution in [0.4, 0.5) is 0 Å². The molecule has 3 nitrogen and oxygen atoms in total. The summed E-state index contributed by atoms with van der Waals surface area (Å²) in [6.07, 6.45) is 5.11. The molecule has 0 amide bonds. The first kappa shape index (κ1) is 13.1. The maximum absolute atomic E-state index is 12.1. The highest BCUT2D eigenvalue weighted by molar-refractivity contribution is 7.91. The molecule has 1 aromatic carbocycles. The van der Waals surface area contributed by atoms with E-state index in [0.717, 1.165) is 12.1 Å². The Labute approximate surface area is 115 Å². The quantitative estimate of drug-likeness (QED) is 0.925. The fourth-order valence-corrected chi connectivity index (χ4v) is 5.17. The van der Waals surface area contributed by atoms with Gasteiger partial charge in [0.2, 0.25) is 0 Å². The predicted molar refractivity (Wildman–Crippen MR) is 75.8 cm³/mol. The summed E-state index contributed by atoms with van der Waals surface area (Å²) in [6, 6.07) is 7.36. The minimum absolute atomic E-state index is 0.0291. The number of sulfone groups is 1. The van der Waals surface area contributed by atoms with Crippen LogP contribution in [0.2, 0.25) is 0 Å². The molecule has 1 atom stereocenters. The fourth-order valence-electron chi connectivity index (χ4n) is 3.39. The maximum Gasteiger partial charge on any atom is 0.180 e. The second-order valence-corrected chi connectivity index (χ2v) is 8.27. The molecule has 4 heteroatoms. The van der Waals surface area contributed by atoms with E-state index in [1.165, 1.54) is 25.7 Å². The highest BCUT2D eigenvalue weighted by atomic mass is 32.2. The minimum Gasteiger partial charge on any atom is -0.308 e. The third-order valence-corrected chi connectivity index (χ3v) is 6.42. The van der Waals surface area contributed by atoms with Crippen molar-refractivity contribution >= 4 is 9.84 Å². The molecule has 1 aromatic rings. The molecule has 1 heterocycles. The molecule has 0 bridgehead atoms. The first-order valence-corrected chi connectivity index (χ1v) is 8.71. The van der Waals surface area contributed by atoms with Gasteiger partial charge in [0.25, 0.3) is 0 Å². The second kappa shape index (κ2) is 4.60. The van der Waals surface area contributed by atoms with Gasteiger partial charge in [-0.05, 0) is 29.9 Å². The van der Waals surface area contributed by atoms with Crippen molar-refractivity contribution < 1.29 is 8.42 Å². The van der Waals surface area contributed by atoms with E-state index in [1.807, 2.05) is 12.1 Å². The lowest BCUT2D eigenvalue weighted by molar-refractivity contribution is 0.302. The first-order valence-electron chi connectivity index (χ1n) is 7.05. The van der Waals surface area contributed by atoms with Crippen LogP contribution in [0.5, 0.6) is 0 Å². The molecule has 2 aliphatic rings. The number of fused-ring (bicyclic) bond motifs is 1. The molecule has 3 rings (SSSR count). The molecule has 104 valence electrons. The lowest BCUT2D eigenvalue weighted by Crippen LogP contribution is -2.33. The third kappa shape index (κ3) is 2.43. The molecule has 0 saturated heterocycles. The normalized spacial score (nSPS) is 27.3. The SMILES string of the molecule is CC1(CNC2CS(=O)(=O)c3ccccc32)CCCC1. The van der Waals surface area contributed by atoms with Gasteiger partial charge in [-0.2, -0.15) is 0 Å². The molecule has 1 saturated carbocycles. The zero-order valence-corrected chi connectivity index (χ0v) is 12.2. The minimum atomic E-state index is -3.08. The molecule has 0 radical (unpaired) electrons. The molecule has 19 heavy (non-hydrogen) atoms. The Morgan fingerprint density at radius 2 is 1.95 bits per heavy atom. The number of hydrogen-bond acceptors (Lipinski definition) is 3. The second-order valence-electron chi connectivity index (χ2n) is 6.27. The van der Waals surface area contributed by atoms with Crippen molar-refractivity contribution in [3.05, 3.63) is 29.8 Å². The Balaban J connectivity index is 1.77. The van der Waals surface area contributed by atoms with Gasteiger partial charge in [-0.3, -0.25) is 0 Å². The van der Waals surface area contributed by atoms with E-state index in [9.17, 15) is 8.42 Å². The largest absolute Gasteiger partial charge is 0.308 e. The van der Waals surface area contributed by atoms with Gasteiger partial charge < -0.3 is 5.32 Å². The van der Waals surface area contributed by atoms with Crippen molar-refractivity contribution in [2.45, 2.75) is 43.5 Å². The molecule has 1 fully saturated rings. The van der Waals surface area contributed by atoms with Gasteiger partial charge in [-0.1, -0.05) is 38.0 Å². The van der Waals surface area contributed by atoms with Crippen molar-refractivity contribution in [2.24, 2.45) is 5.41 Å². The summed E-state index contributed by atoms with van der Waals surface area (Å²) >= 11 is 0. The van der Waals surface area contributed by atoms with Crippen LogP contribution in [0.1, 0.15) is 44.2 Å². The summed E-state index contributed by atoms with van der Waals surface area (Å²) in [5.74, 6) is 0.211. The summed E-state index contributed by atoms with van der Waals surface area (Å²) in [6.45, 7) is 3.23. The van der Waals surface area contributed by atoms with Crippen LogP contribution in [0.3, 0.4) is 0 Å². The summed E-state index contributed by atoms with van der Waals surface area (Å²) in [5.41, 5.74) is 1.30. The van der Waals surface area contributed by atoms with Gasteiger partial charge in [0.05, 0.1) is 10.6 Å². The molecule has 1 aliphatic heterocycles. The van der Waals surface area contributed by atoms with E-state index in [-0.39, 0.29) is 11.8 Å². The van der Waals surface area contributed by atoms with Crippen LogP contribution in [0.15, 0.2) is 29.2 Å². The number of rotatable bonds is 3. The van der Waals surface area contributed by atoms with Crippen molar-refractivity contribution in [3.8, 4) is 0 Å². The van der Waals surface area contributed by atoms with Crippen LogP contribution >= 0.6 is 0 Å². The Morgan fingerprint density at radius 3 is 2.68 bits per heavy atom. The van der Waals surface area contributed by atoms with Gasteiger partial charge in [0.15, 0.2) is 9.84 Å². The lowest BCUT2D eigenvalue weighted by atomic mass is 9.88. The summed E-state index contributed by atoms with van der Waals surface area (Å²) < 4.78 is 24.2. The van der Waals surface area contributed by atoms with Crippen molar-refractivity contribution in [1.29, 1.82) is 0 Å². The molecule has 1 N–H and O–H groups in total. The van der Waals surface area contributed by atoms with E-state index in [4.69, 9.17) is 0 Å². The van der Waals surface area contributed by atoms with Gasteiger partial charge in [0, 0.05) is 12.6 Å². The Kier molecular flexibility index (Phi) is 3.18. The predicted octanol–water partition coefficient (Wildman–Crippen LogP) is 2.68. The average molecular weight is 279 g/mol. The number of nitrogens with one attached hydrogen (secondary N) is 1. The molecule has 0 spiro atoms. The highest BCUT2D eigenvalue weighted by Crippen LogP contribution is 2.38. The summed E-state index contributed by atoms with van der Waals surface area (Å²) in [5, 5.41) is 3.50. The standard InChI is InChI=1S/C15H21NO2S/c1-15(8-4-5-9-15)11-16-13-10-19(17,18)14-7-3-2-6-12(13)14/h2-3,6-7,13,16H,4-5,8-11H2,1H3. The topological polar surface area (TPSA) is 46.2 Å². The van der Waals surface area contributed by atoms with Crippen LogP contribution in [0, 0.1) is 5.41 Å². The van der Waals surface area contributed by atoms with E-state index in [2.05, 4.69) is 12.2 Å². The maximum atomic E-state index is 12.1. The Hall–Kier alpha value is -0.870. The Bertz CT molecular complexity index is 574. The van der Waals surface area contributed by atoms with E-state index in [1.54, 1.807) is 12.1 Å². The zero-order valence-electron chi connectivity index (χ0n) is 11.4. The average Bonchev–Trinajstić information content (AvgIpc) is 2.91. The van der Waals surface area contributed by atoms with Crippen molar-refractivity contribution in [2.75, 3.05) is 12.3 Å². The van der Waals surface area contributed by atoms with Crippen LogP contribution in [0.25, 0.3) is 0 Å². The lowest BCUT2D eigenvalue weighted by Gasteiger charge is -2.26. The van der Waals surface area contributed by atoms with Crippen LogP contribution in [-0.2, 0) is 9.84 Å². The van der Waals surface area contributed by atoms with Crippen molar-refractivity contribution in [3.63, 3.8) is 0 Å². The molecule has 0 aromatic heterocycles. The number of hydrogen-bond donors (Lipinski definition) is 1. The Morgan fingerprint density at radius 1 is 1.26 bits per heavy atom. The third-order valence-electron chi connectivity index (χ3n) is 4.60. The fraction of sp³-hybridized carbons (Fsp3) is 0.600. The molecular formula is C15H21NO2S. The highest BCUT2D eigenvalue weighted by Gasteiger charge is 2.36. The molecule has 1 unspecified atom stereocenters. The number of benzene rings is 1. The monoisotopic (exact) mass is 279 g/mol. The van der Waals surface area contributed by atoms with Gasteiger partial charge in [0.1, 0.15) is 0 Å². The van der Waals surface area contributed by atoms with E-state index in [0.29, 0.717) is 10.3 Å². The van der Waals surface area contributed by atoms with Crippen LogP contribution < -0.4 is 5.32 Å². The van der Waals surface area contributed by atoms with Crippen LogP contribution in [-0.4, -0.2) is 20.7 Å².